The number of unbranched alkanes of at least 4 members (excludes halogenated alkanes) is 1. The predicted octanol–water partition coefficient (Wildman–Crippen LogP) is 3.61. The highest BCUT2D eigenvalue weighted by Crippen LogP contribution is 2.34. The Kier molecular flexibility index (Phi) is 6.08. The van der Waals surface area contributed by atoms with Crippen molar-refractivity contribution >= 4 is 12.1 Å². The topological polar surface area (TPSA) is 84.5 Å². The van der Waals surface area contributed by atoms with Crippen molar-refractivity contribution in [2.24, 2.45) is 0 Å². The summed E-state index contributed by atoms with van der Waals surface area (Å²) in [6.07, 6.45) is 2.60. The summed E-state index contributed by atoms with van der Waals surface area (Å²) in [6, 6.07) is 0. The number of aromatic amines is 1. The first-order valence-electron chi connectivity index (χ1n) is 8.99. The monoisotopic (exact) mass is 351 g/mol. The molecular formula is C18H29N3O4. The maximum atomic E-state index is 12.5. The van der Waals surface area contributed by atoms with Gasteiger partial charge in [-0.15, -0.1) is 0 Å². The van der Waals surface area contributed by atoms with Gasteiger partial charge in [-0.1, -0.05) is 19.8 Å². The number of carbonyl (C=O) groups is 2. The summed E-state index contributed by atoms with van der Waals surface area (Å²) in [5.74, 6) is -0.360. The molecule has 7 nitrogen and oxygen atoms in total. The molecule has 0 spiro atoms. The molecule has 1 N–H and O–H groups in total. The highest BCUT2D eigenvalue weighted by molar-refractivity contribution is 5.89. The van der Waals surface area contributed by atoms with Crippen LogP contribution in [-0.4, -0.2) is 45.9 Å². The summed E-state index contributed by atoms with van der Waals surface area (Å²) in [6.45, 7) is 10.6. The summed E-state index contributed by atoms with van der Waals surface area (Å²) in [4.78, 5) is 26.3. The van der Waals surface area contributed by atoms with Crippen molar-refractivity contribution in [3.8, 4) is 0 Å². The number of H-pyrrole nitrogens is 1. The van der Waals surface area contributed by atoms with E-state index in [0.717, 1.165) is 30.5 Å². The number of nitrogens with one attached hydrogen (secondary N) is 1. The highest BCUT2D eigenvalue weighted by Gasteiger charge is 2.35. The third kappa shape index (κ3) is 4.74. The number of fused-ring (bicyclic) bond motifs is 1. The fraction of sp³-hybridized carbons (Fsp3) is 0.722. The molecular weight excluding hydrogens is 322 g/mol. The molecule has 1 amide bonds. The van der Waals surface area contributed by atoms with E-state index in [1.807, 2.05) is 20.8 Å². The van der Waals surface area contributed by atoms with E-state index in [9.17, 15) is 9.59 Å². The lowest BCUT2D eigenvalue weighted by Gasteiger charge is -2.34. The second kappa shape index (κ2) is 7.89. The number of esters is 1. The zero-order chi connectivity index (χ0) is 18.6. The molecule has 7 heteroatoms. The number of amides is 1. The highest BCUT2D eigenvalue weighted by atomic mass is 16.6. The molecule has 25 heavy (non-hydrogen) atoms. The zero-order valence-corrected chi connectivity index (χ0v) is 15.8. The lowest BCUT2D eigenvalue weighted by atomic mass is 9.88. The maximum Gasteiger partial charge on any atom is 0.410 e. The Morgan fingerprint density at radius 2 is 2.04 bits per heavy atom. The fourth-order valence-electron chi connectivity index (χ4n) is 3.07. The van der Waals surface area contributed by atoms with E-state index in [1.165, 1.54) is 0 Å². The van der Waals surface area contributed by atoms with Crippen LogP contribution in [0, 0.1) is 0 Å². The van der Waals surface area contributed by atoms with Crippen molar-refractivity contribution < 1.29 is 19.1 Å². The van der Waals surface area contributed by atoms with Gasteiger partial charge in [0.05, 0.1) is 18.8 Å². The normalized spacial score (nSPS) is 17.2. The van der Waals surface area contributed by atoms with Crippen LogP contribution in [0.2, 0.25) is 0 Å². The van der Waals surface area contributed by atoms with Gasteiger partial charge >= 0.3 is 12.1 Å². The number of aromatic nitrogens is 2. The van der Waals surface area contributed by atoms with E-state index in [0.29, 0.717) is 25.4 Å². The minimum absolute atomic E-state index is 0.0503. The van der Waals surface area contributed by atoms with Crippen LogP contribution >= 0.6 is 0 Å². The molecule has 2 rings (SSSR count). The fourth-order valence-corrected chi connectivity index (χ4v) is 3.07. The Morgan fingerprint density at radius 3 is 2.64 bits per heavy atom. The van der Waals surface area contributed by atoms with Gasteiger partial charge in [0.15, 0.2) is 5.69 Å². The average Bonchev–Trinajstić information content (AvgIpc) is 2.95. The SMILES string of the molecule is CCCCC1CN(C(=O)OC(C)(C)C)Cc2[nH]nc(C(=O)OCC)c21. The van der Waals surface area contributed by atoms with E-state index in [4.69, 9.17) is 9.47 Å². The number of nitrogens with zero attached hydrogens (tertiary/aromatic N) is 2. The average molecular weight is 351 g/mol. The van der Waals surface area contributed by atoms with Gasteiger partial charge in [-0.05, 0) is 34.1 Å². The lowest BCUT2D eigenvalue weighted by molar-refractivity contribution is 0.0200. The van der Waals surface area contributed by atoms with Gasteiger partial charge in [0, 0.05) is 18.0 Å². The van der Waals surface area contributed by atoms with Crippen molar-refractivity contribution in [3.63, 3.8) is 0 Å². The number of rotatable bonds is 5. The Morgan fingerprint density at radius 1 is 1.32 bits per heavy atom. The molecule has 1 aliphatic heterocycles. The van der Waals surface area contributed by atoms with Crippen LogP contribution in [-0.2, 0) is 16.0 Å². The van der Waals surface area contributed by atoms with Gasteiger partial charge in [-0.25, -0.2) is 9.59 Å². The number of hydrogen-bond acceptors (Lipinski definition) is 5. The quantitative estimate of drug-likeness (QED) is 0.819. The molecule has 1 unspecified atom stereocenters. The first-order chi connectivity index (χ1) is 11.8. The Bertz CT molecular complexity index is 618. The van der Waals surface area contributed by atoms with Crippen LogP contribution in [0.25, 0.3) is 0 Å². The minimum atomic E-state index is -0.541. The Hall–Kier alpha value is -2.05. The van der Waals surface area contributed by atoms with Gasteiger partial charge in [0.1, 0.15) is 5.60 Å². The first-order valence-corrected chi connectivity index (χ1v) is 8.99. The van der Waals surface area contributed by atoms with Gasteiger partial charge in [0.2, 0.25) is 0 Å². The van der Waals surface area contributed by atoms with E-state index < -0.39 is 11.6 Å². The molecule has 0 saturated heterocycles. The molecule has 0 aliphatic carbocycles. The molecule has 0 aromatic carbocycles. The summed E-state index contributed by atoms with van der Waals surface area (Å²) >= 11 is 0. The second-order valence-corrected chi connectivity index (χ2v) is 7.38. The molecule has 0 saturated carbocycles. The van der Waals surface area contributed by atoms with Gasteiger partial charge < -0.3 is 14.4 Å². The van der Waals surface area contributed by atoms with Gasteiger partial charge in [-0.3, -0.25) is 5.10 Å². The molecule has 1 aliphatic rings. The van der Waals surface area contributed by atoms with Gasteiger partial charge in [0.25, 0.3) is 0 Å². The standard InChI is InChI=1S/C18H29N3O4/c1-6-8-9-12-10-21(17(23)25-18(3,4)5)11-13-14(12)15(20-19-13)16(22)24-7-2/h12H,6-11H2,1-5H3,(H,19,20). The summed E-state index contributed by atoms with van der Waals surface area (Å²) in [5.41, 5.74) is 1.50. The summed E-state index contributed by atoms with van der Waals surface area (Å²) in [7, 11) is 0. The molecule has 0 radical (unpaired) electrons. The lowest BCUT2D eigenvalue weighted by Crippen LogP contribution is -2.41. The van der Waals surface area contributed by atoms with E-state index in [2.05, 4.69) is 17.1 Å². The molecule has 0 bridgehead atoms. The predicted molar refractivity (Wildman–Crippen MR) is 93.5 cm³/mol. The van der Waals surface area contributed by atoms with Crippen molar-refractivity contribution in [2.45, 2.75) is 71.9 Å². The smallest absolute Gasteiger partial charge is 0.410 e. The molecule has 1 atom stereocenters. The number of carbonyl (C=O) groups excluding carboxylic acids is 2. The summed E-state index contributed by atoms with van der Waals surface area (Å²) in [5, 5.41) is 7.08. The maximum absolute atomic E-state index is 12.5. The molecule has 1 aromatic heterocycles. The summed E-state index contributed by atoms with van der Waals surface area (Å²) < 4.78 is 10.6. The van der Waals surface area contributed by atoms with Crippen molar-refractivity contribution in [1.82, 2.24) is 15.1 Å². The third-order valence-corrected chi connectivity index (χ3v) is 4.11. The van der Waals surface area contributed by atoms with Crippen molar-refractivity contribution in [2.75, 3.05) is 13.2 Å². The Balaban J connectivity index is 2.27. The zero-order valence-electron chi connectivity index (χ0n) is 15.8. The Labute approximate surface area is 149 Å². The largest absolute Gasteiger partial charge is 0.461 e. The number of hydrogen-bond donors (Lipinski definition) is 1. The molecule has 2 heterocycles. The third-order valence-electron chi connectivity index (χ3n) is 4.11. The van der Waals surface area contributed by atoms with Crippen molar-refractivity contribution in [3.05, 3.63) is 17.0 Å². The minimum Gasteiger partial charge on any atom is -0.461 e. The van der Waals surface area contributed by atoms with Crippen LogP contribution in [0.3, 0.4) is 0 Å². The van der Waals surface area contributed by atoms with E-state index in [1.54, 1.807) is 11.8 Å². The second-order valence-electron chi connectivity index (χ2n) is 7.38. The van der Waals surface area contributed by atoms with Gasteiger partial charge in [-0.2, -0.15) is 5.10 Å². The van der Waals surface area contributed by atoms with E-state index >= 15 is 0 Å². The first kappa shape index (κ1) is 19.3. The van der Waals surface area contributed by atoms with Crippen LogP contribution in [0.5, 0.6) is 0 Å². The van der Waals surface area contributed by atoms with Crippen LogP contribution < -0.4 is 0 Å². The van der Waals surface area contributed by atoms with Crippen LogP contribution in [0.15, 0.2) is 0 Å². The number of ether oxygens (including phenoxy) is 2. The van der Waals surface area contributed by atoms with Crippen LogP contribution in [0.1, 0.15) is 81.5 Å². The van der Waals surface area contributed by atoms with E-state index in [-0.39, 0.29) is 12.0 Å². The molecule has 1 aromatic rings. The van der Waals surface area contributed by atoms with Crippen LogP contribution in [0.4, 0.5) is 4.79 Å². The molecule has 140 valence electrons. The van der Waals surface area contributed by atoms with Crippen molar-refractivity contribution in [1.29, 1.82) is 0 Å². The molecule has 0 fully saturated rings.